The molecule has 0 aliphatic heterocycles. The fourth-order valence-electron chi connectivity index (χ4n) is 1.62. The Labute approximate surface area is 131 Å². The van der Waals surface area contributed by atoms with Gasteiger partial charge in [0.05, 0.1) is 13.0 Å². The van der Waals surface area contributed by atoms with E-state index < -0.39 is 42.9 Å². The van der Waals surface area contributed by atoms with Gasteiger partial charge >= 0.3 is 18.0 Å². The minimum Gasteiger partial charge on any atom is -0.481 e. The number of carbonyl (C=O) groups is 4. The molecule has 9 heteroatoms. The Balaban J connectivity index is 2.32. The largest absolute Gasteiger partial charge is 0.481 e. The van der Waals surface area contributed by atoms with Crippen LogP contribution in [0.15, 0.2) is 30.3 Å². The topological polar surface area (TPSA) is 145 Å². The van der Waals surface area contributed by atoms with Crippen LogP contribution in [-0.4, -0.2) is 46.7 Å². The van der Waals surface area contributed by atoms with E-state index in [1.54, 1.807) is 0 Å². The third kappa shape index (κ3) is 7.46. The first-order valence-corrected chi connectivity index (χ1v) is 6.68. The lowest BCUT2D eigenvalue weighted by atomic mass is 10.2. The SMILES string of the molecule is O=C(O)C[C@H](NC(=O)CNC(=O)NCc1ccccc1)C(=O)O. The fraction of sp³-hybridized carbons (Fsp3) is 0.286. The van der Waals surface area contributed by atoms with E-state index in [2.05, 4.69) is 10.6 Å². The minimum atomic E-state index is -1.55. The van der Waals surface area contributed by atoms with Crippen LogP contribution in [0.3, 0.4) is 0 Å². The molecular weight excluding hydrogens is 306 g/mol. The number of carbonyl (C=O) groups excluding carboxylic acids is 2. The average Bonchev–Trinajstić information content (AvgIpc) is 2.50. The molecular formula is C14H17N3O6. The quantitative estimate of drug-likeness (QED) is 0.437. The fourth-order valence-corrected chi connectivity index (χ4v) is 1.62. The van der Waals surface area contributed by atoms with Gasteiger partial charge in [0.25, 0.3) is 0 Å². The molecule has 1 aromatic rings. The molecule has 124 valence electrons. The van der Waals surface area contributed by atoms with E-state index in [4.69, 9.17) is 10.2 Å². The molecule has 0 saturated carbocycles. The summed E-state index contributed by atoms with van der Waals surface area (Å²) in [4.78, 5) is 44.3. The third-order valence-corrected chi connectivity index (χ3v) is 2.72. The van der Waals surface area contributed by atoms with Crippen LogP contribution in [0.25, 0.3) is 0 Å². The number of benzene rings is 1. The maximum absolute atomic E-state index is 11.5. The number of hydrogen-bond acceptors (Lipinski definition) is 4. The molecule has 0 spiro atoms. The highest BCUT2D eigenvalue weighted by Gasteiger charge is 2.22. The van der Waals surface area contributed by atoms with Crippen LogP contribution in [0.4, 0.5) is 4.79 Å². The van der Waals surface area contributed by atoms with E-state index in [1.165, 1.54) is 0 Å². The van der Waals surface area contributed by atoms with Crippen LogP contribution in [0, 0.1) is 0 Å². The van der Waals surface area contributed by atoms with Crippen LogP contribution in [0.5, 0.6) is 0 Å². The standard InChI is InChI=1S/C14H17N3O6/c18-11(17-10(13(21)22)6-12(19)20)8-16-14(23)15-7-9-4-2-1-3-5-9/h1-5,10H,6-8H2,(H,17,18)(H,19,20)(H,21,22)(H2,15,16,23)/t10-/m0/s1. The van der Waals surface area contributed by atoms with Gasteiger partial charge in [0.15, 0.2) is 0 Å². The van der Waals surface area contributed by atoms with Crippen molar-refractivity contribution in [1.29, 1.82) is 0 Å². The maximum atomic E-state index is 11.5. The maximum Gasteiger partial charge on any atom is 0.326 e. The van der Waals surface area contributed by atoms with Crippen molar-refractivity contribution in [3.05, 3.63) is 35.9 Å². The summed E-state index contributed by atoms with van der Waals surface area (Å²) in [5.74, 6) is -3.62. The zero-order valence-electron chi connectivity index (χ0n) is 12.1. The molecule has 9 nitrogen and oxygen atoms in total. The van der Waals surface area contributed by atoms with E-state index >= 15 is 0 Å². The molecule has 3 amide bonds. The Morgan fingerprint density at radius 3 is 2.22 bits per heavy atom. The van der Waals surface area contributed by atoms with Gasteiger partial charge in [-0.05, 0) is 5.56 Å². The molecule has 0 aliphatic rings. The number of hydrogen-bond donors (Lipinski definition) is 5. The van der Waals surface area contributed by atoms with E-state index in [-0.39, 0.29) is 6.54 Å². The van der Waals surface area contributed by atoms with E-state index in [1.807, 2.05) is 35.6 Å². The van der Waals surface area contributed by atoms with Crippen molar-refractivity contribution in [3.63, 3.8) is 0 Å². The average molecular weight is 323 g/mol. The Kier molecular flexibility index (Phi) is 7.05. The molecule has 0 heterocycles. The molecule has 0 aromatic heterocycles. The van der Waals surface area contributed by atoms with Crippen LogP contribution in [0.2, 0.25) is 0 Å². The normalized spacial score (nSPS) is 11.1. The summed E-state index contributed by atoms with van der Waals surface area (Å²) in [6.45, 7) is -0.199. The first-order valence-electron chi connectivity index (χ1n) is 6.68. The van der Waals surface area contributed by atoms with E-state index in [0.29, 0.717) is 0 Å². The third-order valence-electron chi connectivity index (χ3n) is 2.72. The Morgan fingerprint density at radius 1 is 1.00 bits per heavy atom. The zero-order valence-corrected chi connectivity index (χ0v) is 12.1. The molecule has 0 saturated heterocycles. The summed E-state index contributed by atoms with van der Waals surface area (Å²) >= 11 is 0. The van der Waals surface area contributed by atoms with Crippen LogP contribution < -0.4 is 16.0 Å². The Hall–Kier alpha value is -3.10. The summed E-state index contributed by atoms with van der Waals surface area (Å²) < 4.78 is 0. The van der Waals surface area contributed by atoms with Gasteiger partial charge in [-0.3, -0.25) is 9.59 Å². The number of rotatable bonds is 8. The van der Waals surface area contributed by atoms with Crippen molar-refractivity contribution in [1.82, 2.24) is 16.0 Å². The molecule has 0 fully saturated rings. The number of carboxylic acids is 2. The molecule has 1 atom stereocenters. The van der Waals surface area contributed by atoms with E-state index in [9.17, 15) is 19.2 Å². The highest BCUT2D eigenvalue weighted by atomic mass is 16.4. The minimum absolute atomic E-state index is 0.269. The second-order valence-corrected chi connectivity index (χ2v) is 4.58. The molecule has 1 aromatic carbocycles. The Morgan fingerprint density at radius 2 is 1.65 bits per heavy atom. The smallest absolute Gasteiger partial charge is 0.326 e. The summed E-state index contributed by atoms with van der Waals surface area (Å²) in [7, 11) is 0. The van der Waals surface area contributed by atoms with Gasteiger partial charge in [-0.2, -0.15) is 0 Å². The molecule has 5 N–H and O–H groups in total. The number of aliphatic carboxylic acids is 2. The van der Waals surface area contributed by atoms with E-state index in [0.717, 1.165) is 5.56 Å². The van der Waals surface area contributed by atoms with Crippen molar-refractivity contribution in [2.24, 2.45) is 0 Å². The van der Waals surface area contributed by atoms with Crippen LogP contribution in [0.1, 0.15) is 12.0 Å². The molecule has 0 bridgehead atoms. The number of urea groups is 1. The van der Waals surface area contributed by atoms with Gasteiger partial charge in [0.2, 0.25) is 5.91 Å². The second-order valence-electron chi connectivity index (χ2n) is 4.58. The molecule has 0 unspecified atom stereocenters. The number of nitrogens with one attached hydrogen (secondary N) is 3. The summed E-state index contributed by atoms with van der Waals surface area (Å²) in [5.41, 5.74) is 0.875. The van der Waals surface area contributed by atoms with Gasteiger partial charge < -0.3 is 26.2 Å². The highest BCUT2D eigenvalue weighted by molar-refractivity contribution is 5.89. The predicted molar refractivity (Wildman–Crippen MR) is 78.5 cm³/mol. The van der Waals surface area contributed by atoms with Gasteiger partial charge in [-0.15, -0.1) is 0 Å². The first kappa shape index (κ1) is 18.0. The van der Waals surface area contributed by atoms with Crippen molar-refractivity contribution in [2.75, 3.05) is 6.54 Å². The number of amides is 3. The molecule has 23 heavy (non-hydrogen) atoms. The van der Waals surface area contributed by atoms with Crippen molar-refractivity contribution in [3.8, 4) is 0 Å². The summed E-state index contributed by atoms with van der Waals surface area (Å²) in [6, 6.07) is 6.95. The molecule has 0 aliphatic carbocycles. The monoisotopic (exact) mass is 323 g/mol. The lowest BCUT2D eigenvalue weighted by molar-refractivity contribution is -0.147. The lowest BCUT2D eigenvalue weighted by Gasteiger charge is -2.13. The number of carboxylic acid groups (broad SMARTS) is 2. The first-order chi connectivity index (χ1) is 10.9. The van der Waals surface area contributed by atoms with Gasteiger partial charge in [0.1, 0.15) is 6.04 Å². The second kappa shape index (κ2) is 9.03. The van der Waals surface area contributed by atoms with Crippen molar-refractivity contribution >= 4 is 23.9 Å². The summed E-state index contributed by atoms with van der Waals surface area (Å²) in [5, 5.41) is 24.1. The van der Waals surface area contributed by atoms with Crippen molar-refractivity contribution in [2.45, 2.75) is 19.0 Å². The lowest BCUT2D eigenvalue weighted by Crippen LogP contribution is -2.47. The van der Waals surface area contributed by atoms with Gasteiger partial charge in [0, 0.05) is 6.54 Å². The van der Waals surface area contributed by atoms with Crippen LogP contribution in [-0.2, 0) is 20.9 Å². The highest BCUT2D eigenvalue weighted by Crippen LogP contribution is 1.96. The zero-order chi connectivity index (χ0) is 17.2. The van der Waals surface area contributed by atoms with Gasteiger partial charge in [-0.25, -0.2) is 9.59 Å². The van der Waals surface area contributed by atoms with Gasteiger partial charge in [-0.1, -0.05) is 30.3 Å². The Bertz CT molecular complexity index is 575. The molecule has 1 rings (SSSR count). The van der Waals surface area contributed by atoms with Crippen molar-refractivity contribution < 1.29 is 29.4 Å². The summed E-state index contributed by atoms with van der Waals surface area (Å²) in [6.07, 6.45) is -0.749. The van der Waals surface area contributed by atoms with Crippen LogP contribution >= 0.6 is 0 Å². The predicted octanol–water partition coefficient (Wildman–Crippen LogP) is -0.470. The molecule has 0 radical (unpaired) electrons.